The van der Waals surface area contributed by atoms with Crippen LogP contribution >= 0.6 is 24.8 Å². The van der Waals surface area contributed by atoms with Crippen LogP contribution in [-0.2, 0) is 4.79 Å². The molecule has 2 aliphatic heterocycles. The van der Waals surface area contributed by atoms with Crippen molar-refractivity contribution in [3.63, 3.8) is 0 Å². The van der Waals surface area contributed by atoms with Crippen LogP contribution in [0.5, 0.6) is 0 Å². The van der Waals surface area contributed by atoms with Gasteiger partial charge < -0.3 is 15.5 Å². The normalized spacial score (nSPS) is 28.1. The molecule has 0 saturated carbocycles. The van der Waals surface area contributed by atoms with Crippen molar-refractivity contribution in [3.8, 4) is 0 Å². The van der Waals surface area contributed by atoms with E-state index in [9.17, 15) is 4.79 Å². The van der Waals surface area contributed by atoms with Crippen molar-refractivity contribution in [1.82, 2.24) is 15.5 Å². The van der Waals surface area contributed by atoms with E-state index >= 15 is 0 Å². The monoisotopic (exact) mass is 297 g/mol. The summed E-state index contributed by atoms with van der Waals surface area (Å²) >= 11 is 0. The van der Waals surface area contributed by atoms with Gasteiger partial charge in [0.15, 0.2) is 0 Å². The van der Waals surface area contributed by atoms with Crippen LogP contribution in [0, 0.1) is 5.92 Å². The van der Waals surface area contributed by atoms with E-state index < -0.39 is 0 Å². The molecule has 18 heavy (non-hydrogen) atoms. The largest absolute Gasteiger partial charge is 0.354 e. The average molecular weight is 298 g/mol. The molecule has 2 heterocycles. The van der Waals surface area contributed by atoms with Crippen LogP contribution in [0.4, 0.5) is 0 Å². The minimum absolute atomic E-state index is 0. The maximum absolute atomic E-state index is 11.9. The van der Waals surface area contributed by atoms with E-state index in [4.69, 9.17) is 0 Å². The lowest BCUT2D eigenvalue weighted by atomic mass is 9.99. The zero-order valence-electron chi connectivity index (χ0n) is 11.0. The minimum atomic E-state index is 0. The van der Waals surface area contributed by atoms with Gasteiger partial charge in [0.05, 0.1) is 5.92 Å². The van der Waals surface area contributed by atoms with Crippen molar-refractivity contribution in [3.05, 3.63) is 0 Å². The molecule has 2 rings (SSSR count). The van der Waals surface area contributed by atoms with Gasteiger partial charge in [0.2, 0.25) is 5.91 Å². The van der Waals surface area contributed by atoms with Crippen LogP contribution < -0.4 is 10.6 Å². The third-order valence-corrected chi connectivity index (χ3v) is 3.85. The molecule has 2 fully saturated rings. The predicted molar refractivity (Wildman–Crippen MR) is 78.8 cm³/mol. The summed E-state index contributed by atoms with van der Waals surface area (Å²) in [5, 5.41) is 6.39. The summed E-state index contributed by atoms with van der Waals surface area (Å²) in [6.07, 6.45) is 4.66. The maximum atomic E-state index is 11.9. The van der Waals surface area contributed by atoms with Gasteiger partial charge in [-0.05, 0) is 45.8 Å². The zero-order valence-corrected chi connectivity index (χ0v) is 12.6. The molecule has 0 aromatic carbocycles. The Morgan fingerprint density at radius 3 is 2.67 bits per heavy atom. The van der Waals surface area contributed by atoms with Gasteiger partial charge in [0.25, 0.3) is 0 Å². The van der Waals surface area contributed by atoms with Crippen molar-refractivity contribution in [2.24, 2.45) is 5.92 Å². The molecule has 2 unspecified atom stereocenters. The van der Waals surface area contributed by atoms with Crippen LogP contribution in [0.1, 0.15) is 25.7 Å². The summed E-state index contributed by atoms with van der Waals surface area (Å²) in [5.74, 6) is 0.438. The van der Waals surface area contributed by atoms with Crippen molar-refractivity contribution < 1.29 is 4.79 Å². The van der Waals surface area contributed by atoms with E-state index in [0.29, 0.717) is 6.04 Å². The lowest BCUT2D eigenvalue weighted by Gasteiger charge is -2.24. The van der Waals surface area contributed by atoms with Gasteiger partial charge in [0.1, 0.15) is 0 Å². The quantitative estimate of drug-likeness (QED) is 0.818. The molecule has 6 heteroatoms. The number of nitrogens with one attached hydrogen (secondary N) is 2. The molecule has 4 nitrogen and oxygen atoms in total. The van der Waals surface area contributed by atoms with Gasteiger partial charge >= 0.3 is 0 Å². The Morgan fingerprint density at radius 2 is 2.11 bits per heavy atom. The predicted octanol–water partition coefficient (Wildman–Crippen LogP) is 1.04. The van der Waals surface area contributed by atoms with Crippen molar-refractivity contribution in [2.45, 2.75) is 31.7 Å². The van der Waals surface area contributed by atoms with Gasteiger partial charge in [-0.15, -0.1) is 24.8 Å². The highest BCUT2D eigenvalue weighted by atomic mass is 35.5. The maximum Gasteiger partial charge on any atom is 0.224 e. The molecule has 2 aliphatic rings. The van der Waals surface area contributed by atoms with E-state index in [1.165, 1.54) is 19.4 Å². The van der Waals surface area contributed by atoms with Gasteiger partial charge in [-0.3, -0.25) is 4.79 Å². The molecule has 0 bridgehead atoms. The number of amides is 1. The fourth-order valence-corrected chi connectivity index (χ4v) is 2.68. The first-order valence-corrected chi connectivity index (χ1v) is 6.46. The van der Waals surface area contributed by atoms with E-state index in [1.54, 1.807) is 0 Å². The molecular weight excluding hydrogens is 273 g/mol. The topological polar surface area (TPSA) is 44.4 Å². The number of carbonyl (C=O) groups is 1. The first kappa shape index (κ1) is 18.0. The third-order valence-electron chi connectivity index (χ3n) is 3.85. The molecule has 0 aromatic heterocycles. The van der Waals surface area contributed by atoms with Gasteiger partial charge in [-0.1, -0.05) is 0 Å². The number of likely N-dealkylation sites (tertiary alicyclic amines) is 1. The molecule has 1 amide bonds. The lowest BCUT2D eigenvalue weighted by Crippen LogP contribution is -2.44. The van der Waals surface area contributed by atoms with Crippen molar-refractivity contribution in [2.75, 3.05) is 33.2 Å². The summed E-state index contributed by atoms with van der Waals surface area (Å²) in [4.78, 5) is 14.2. The minimum Gasteiger partial charge on any atom is -0.354 e. The number of rotatable bonds is 3. The Kier molecular flexibility index (Phi) is 8.95. The Labute approximate surface area is 122 Å². The highest BCUT2D eigenvalue weighted by Crippen LogP contribution is 2.14. The summed E-state index contributed by atoms with van der Waals surface area (Å²) in [6, 6.07) is 0.556. The van der Waals surface area contributed by atoms with Crippen molar-refractivity contribution >= 4 is 30.7 Å². The van der Waals surface area contributed by atoms with Gasteiger partial charge in [-0.25, -0.2) is 0 Å². The Hall–Kier alpha value is -0.0300. The second-order valence-electron chi connectivity index (χ2n) is 5.07. The van der Waals surface area contributed by atoms with Crippen LogP contribution in [0.25, 0.3) is 0 Å². The van der Waals surface area contributed by atoms with E-state index in [2.05, 4.69) is 22.6 Å². The Morgan fingerprint density at radius 1 is 1.33 bits per heavy atom. The number of carbonyl (C=O) groups excluding carboxylic acids is 1. The lowest BCUT2D eigenvalue weighted by molar-refractivity contribution is -0.125. The zero-order chi connectivity index (χ0) is 11.4. The number of hydrogen-bond acceptors (Lipinski definition) is 3. The number of likely N-dealkylation sites (N-methyl/N-ethyl adjacent to an activating group) is 1. The van der Waals surface area contributed by atoms with Crippen LogP contribution in [-0.4, -0.2) is 50.1 Å². The highest BCUT2D eigenvalue weighted by molar-refractivity contribution is 5.85. The molecule has 0 radical (unpaired) electrons. The second-order valence-corrected chi connectivity index (χ2v) is 5.07. The molecule has 2 saturated heterocycles. The van der Waals surface area contributed by atoms with Gasteiger partial charge in [0, 0.05) is 19.1 Å². The third kappa shape index (κ3) is 4.92. The molecule has 0 aromatic rings. The van der Waals surface area contributed by atoms with Crippen LogP contribution in [0.2, 0.25) is 0 Å². The van der Waals surface area contributed by atoms with E-state index in [0.717, 1.165) is 32.5 Å². The molecule has 2 atom stereocenters. The molecular formula is C12H25Cl2N3O. The summed E-state index contributed by atoms with van der Waals surface area (Å²) in [6.45, 7) is 3.92. The standard InChI is InChI=1S/C12H23N3O.2ClH/c1-15-7-3-5-11(15)9-14-12(16)10-4-2-6-13-8-10;;/h10-11,13H,2-9H2,1H3,(H,14,16);2*1H. The molecule has 0 spiro atoms. The number of nitrogens with zero attached hydrogens (tertiary/aromatic N) is 1. The van der Waals surface area contributed by atoms with E-state index in [1.807, 2.05) is 0 Å². The molecule has 0 aliphatic carbocycles. The Bertz CT molecular complexity index is 247. The first-order chi connectivity index (χ1) is 7.77. The number of piperidine rings is 1. The average Bonchev–Trinajstić information content (AvgIpc) is 2.73. The summed E-state index contributed by atoms with van der Waals surface area (Å²) in [5.41, 5.74) is 0. The summed E-state index contributed by atoms with van der Waals surface area (Å²) < 4.78 is 0. The van der Waals surface area contributed by atoms with E-state index in [-0.39, 0.29) is 36.6 Å². The number of hydrogen-bond donors (Lipinski definition) is 2. The first-order valence-electron chi connectivity index (χ1n) is 6.46. The van der Waals surface area contributed by atoms with Crippen LogP contribution in [0.3, 0.4) is 0 Å². The molecule has 108 valence electrons. The molecule has 2 N–H and O–H groups in total. The van der Waals surface area contributed by atoms with Crippen molar-refractivity contribution in [1.29, 1.82) is 0 Å². The summed E-state index contributed by atoms with van der Waals surface area (Å²) in [7, 11) is 2.14. The fourth-order valence-electron chi connectivity index (χ4n) is 2.68. The smallest absolute Gasteiger partial charge is 0.224 e. The highest BCUT2D eigenvalue weighted by Gasteiger charge is 2.24. The van der Waals surface area contributed by atoms with Gasteiger partial charge in [-0.2, -0.15) is 0 Å². The fraction of sp³-hybridized carbons (Fsp3) is 0.917. The SMILES string of the molecule is CN1CCCC1CNC(=O)C1CCCNC1.Cl.Cl. The van der Waals surface area contributed by atoms with Crippen LogP contribution in [0.15, 0.2) is 0 Å². The second kappa shape index (κ2) is 8.97. The Balaban J connectivity index is 0.00000144. The number of halogens is 2.